The number of hydrogen-bond acceptors (Lipinski definition) is 5. The Morgan fingerprint density at radius 3 is 2.90 bits per heavy atom. The minimum absolute atomic E-state index is 0.326. The van der Waals surface area contributed by atoms with Crippen LogP contribution in [-0.4, -0.2) is 54.8 Å². The van der Waals surface area contributed by atoms with Crippen molar-refractivity contribution in [2.75, 3.05) is 37.7 Å². The number of rotatable bonds is 3. The summed E-state index contributed by atoms with van der Waals surface area (Å²) < 4.78 is 5.62. The molecule has 21 heavy (non-hydrogen) atoms. The van der Waals surface area contributed by atoms with Gasteiger partial charge in [0, 0.05) is 50.5 Å². The molecular formula is C16H26N4O. The highest BCUT2D eigenvalue weighted by Crippen LogP contribution is 2.23. The van der Waals surface area contributed by atoms with Crippen molar-refractivity contribution in [3.8, 4) is 0 Å². The van der Waals surface area contributed by atoms with Gasteiger partial charge >= 0.3 is 0 Å². The normalized spacial score (nSPS) is 25.2. The highest BCUT2D eigenvalue weighted by Gasteiger charge is 2.22. The fourth-order valence-corrected chi connectivity index (χ4v) is 3.22. The topological polar surface area (TPSA) is 54.6 Å². The molecule has 0 spiro atoms. The van der Waals surface area contributed by atoms with Gasteiger partial charge in [-0.3, -0.25) is 4.90 Å². The lowest BCUT2D eigenvalue weighted by atomic mass is 10.1. The molecule has 2 aliphatic heterocycles. The van der Waals surface area contributed by atoms with Gasteiger partial charge in [-0.1, -0.05) is 6.07 Å². The van der Waals surface area contributed by atoms with Crippen LogP contribution in [0.4, 0.5) is 5.82 Å². The number of nitrogens with two attached hydrogens (primary N) is 1. The minimum atomic E-state index is 0.326. The molecule has 0 aromatic carbocycles. The maximum absolute atomic E-state index is 6.01. The van der Waals surface area contributed by atoms with E-state index in [0.717, 1.165) is 58.0 Å². The van der Waals surface area contributed by atoms with Gasteiger partial charge < -0.3 is 15.4 Å². The molecule has 1 aromatic heterocycles. The van der Waals surface area contributed by atoms with Crippen molar-refractivity contribution >= 4 is 5.82 Å². The summed E-state index contributed by atoms with van der Waals surface area (Å²) in [6.45, 7) is 7.97. The number of ether oxygens (including phenoxy) is 1. The van der Waals surface area contributed by atoms with Crippen LogP contribution >= 0.6 is 0 Å². The van der Waals surface area contributed by atoms with Gasteiger partial charge in [0.15, 0.2) is 0 Å². The van der Waals surface area contributed by atoms with E-state index in [9.17, 15) is 0 Å². The lowest BCUT2D eigenvalue weighted by Gasteiger charge is -2.34. The van der Waals surface area contributed by atoms with E-state index in [-0.39, 0.29) is 0 Å². The number of piperidine rings is 1. The monoisotopic (exact) mass is 290 g/mol. The van der Waals surface area contributed by atoms with Crippen LogP contribution in [0.1, 0.15) is 25.3 Å². The average Bonchev–Trinajstić information content (AvgIpc) is 2.49. The molecule has 2 fully saturated rings. The smallest absolute Gasteiger partial charge is 0.133 e. The Kier molecular flexibility index (Phi) is 4.73. The maximum atomic E-state index is 6.01. The molecule has 0 bridgehead atoms. The molecule has 0 saturated carbocycles. The first-order valence-electron chi connectivity index (χ1n) is 8.01. The lowest BCUT2D eigenvalue weighted by molar-refractivity contribution is -0.0212. The summed E-state index contributed by atoms with van der Waals surface area (Å²) in [5.74, 6) is 1.14. The third-order valence-electron chi connectivity index (χ3n) is 4.43. The van der Waals surface area contributed by atoms with E-state index >= 15 is 0 Å². The minimum Gasteiger partial charge on any atom is -0.376 e. The Morgan fingerprint density at radius 1 is 1.33 bits per heavy atom. The quantitative estimate of drug-likeness (QED) is 0.907. The molecule has 1 unspecified atom stereocenters. The van der Waals surface area contributed by atoms with Crippen LogP contribution in [0.3, 0.4) is 0 Å². The first kappa shape index (κ1) is 14.8. The molecule has 0 amide bonds. The van der Waals surface area contributed by atoms with E-state index in [1.165, 1.54) is 5.56 Å². The molecule has 2 aliphatic rings. The van der Waals surface area contributed by atoms with E-state index in [1.807, 2.05) is 12.3 Å². The summed E-state index contributed by atoms with van der Waals surface area (Å²) >= 11 is 0. The van der Waals surface area contributed by atoms with Crippen molar-refractivity contribution in [2.45, 2.75) is 38.5 Å². The first-order chi connectivity index (χ1) is 10.2. The lowest BCUT2D eigenvalue weighted by Crippen LogP contribution is -2.42. The van der Waals surface area contributed by atoms with Crippen LogP contribution in [0.2, 0.25) is 0 Å². The summed E-state index contributed by atoms with van der Waals surface area (Å²) in [6.07, 6.45) is 4.34. The van der Waals surface area contributed by atoms with Gasteiger partial charge in [-0.05, 0) is 25.8 Å². The van der Waals surface area contributed by atoms with Crippen molar-refractivity contribution in [3.63, 3.8) is 0 Å². The summed E-state index contributed by atoms with van der Waals surface area (Å²) in [5.41, 5.74) is 7.33. The molecule has 3 heterocycles. The molecule has 3 rings (SSSR count). The van der Waals surface area contributed by atoms with E-state index in [0.29, 0.717) is 12.1 Å². The van der Waals surface area contributed by atoms with Crippen LogP contribution in [-0.2, 0) is 11.3 Å². The highest BCUT2D eigenvalue weighted by atomic mass is 16.5. The SMILES string of the molecule is CC1CN(Cc2cccnc2N2CCC(N)CC2)CCO1. The summed E-state index contributed by atoms with van der Waals surface area (Å²) in [4.78, 5) is 9.49. The predicted molar refractivity (Wildman–Crippen MR) is 84.4 cm³/mol. The van der Waals surface area contributed by atoms with Crippen LogP contribution < -0.4 is 10.6 Å². The third kappa shape index (κ3) is 3.73. The van der Waals surface area contributed by atoms with Gasteiger partial charge in [-0.2, -0.15) is 0 Å². The fourth-order valence-electron chi connectivity index (χ4n) is 3.22. The van der Waals surface area contributed by atoms with Crippen molar-refractivity contribution < 1.29 is 4.74 Å². The number of morpholine rings is 1. The standard InChI is InChI=1S/C16H26N4O/c1-13-11-19(9-10-21-13)12-14-3-2-6-18-16(14)20-7-4-15(17)5-8-20/h2-3,6,13,15H,4-5,7-12,17H2,1H3. The number of hydrogen-bond donors (Lipinski definition) is 1. The molecule has 5 nitrogen and oxygen atoms in total. The number of nitrogens with zero attached hydrogens (tertiary/aromatic N) is 3. The fraction of sp³-hybridized carbons (Fsp3) is 0.688. The maximum Gasteiger partial charge on any atom is 0.133 e. The van der Waals surface area contributed by atoms with Crippen LogP contribution in [0.15, 0.2) is 18.3 Å². The Labute approximate surface area is 127 Å². The van der Waals surface area contributed by atoms with Crippen molar-refractivity contribution in [3.05, 3.63) is 23.9 Å². The molecule has 0 aliphatic carbocycles. The highest BCUT2D eigenvalue weighted by molar-refractivity contribution is 5.47. The van der Waals surface area contributed by atoms with Crippen LogP contribution in [0, 0.1) is 0 Å². The Bertz CT molecular complexity index is 459. The molecule has 1 atom stereocenters. The zero-order valence-electron chi connectivity index (χ0n) is 12.9. The Morgan fingerprint density at radius 2 is 2.14 bits per heavy atom. The third-order valence-corrected chi connectivity index (χ3v) is 4.43. The molecule has 116 valence electrons. The predicted octanol–water partition coefficient (Wildman–Crippen LogP) is 1.23. The summed E-state index contributed by atoms with van der Waals surface area (Å²) in [5, 5.41) is 0. The van der Waals surface area contributed by atoms with E-state index < -0.39 is 0 Å². The largest absolute Gasteiger partial charge is 0.376 e. The van der Waals surface area contributed by atoms with E-state index in [1.54, 1.807) is 0 Å². The van der Waals surface area contributed by atoms with Gasteiger partial charge in [0.05, 0.1) is 12.7 Å². The number of anilines is 1. The number of aromatic nitrogens is 1. The Balaban J connectivity index is 1.70. The van der Waals surface area contributed by atoms with Crippen molar-refractivity contribution in [1.29, 1.82) is 0 Å². The second-order valence-electron chi connectivity index (χ2n) is 6.23. The number of pyridine rings is 1. The summed E-state index contributed by atoms with van der Waals surface area (Å²) in [7, 11) is 0. The zero-order chi connectivity index (χ0) is 14.7. The van der Waals surface area contributed by atoms with E-state index in [2.05, 4.69) is 27.8 Å². The average molecular weight is 290 g/mol. The molecular weight excluding hydrogens is 264 g/mol. The second-order valence-corrected chi connectivity index (χ2v) is 6.23. The van der Waals surface area contributed by atoms with Gasteiger partial charge in [0.25, 0.3) is 0 Å². The van der Waals surface area contributed by atoms with Crippen molar-refractivity contribution in [1.82, 2.24) is 9.88 Å². The molecule has 2 N–H and O–H groups in total. The molecule has 0 radical (unpaired) electrons. The van der Waals surface area contributed by atoms with Crippen LogP contribution in [0.5, 0.6) is 0 Å². The van der Waals surface area contributed by atoms with Gasteiger partial charge in [0.1, 0.15) is 5.82 Å². The first-order valence-corrected chi connectivity index (χ1v) is 8.01. The second kappa shape index (κ2) is 6.73. The van der Waals surface area contributed by atoms with Gasteiger partial charge in [-0.15, -0.1) is 0 Å². The Hall–Kier alpha value is -1.17. The molecule has 2 saturated heterocycles. The molecule has 5 heteroatoms. The van der Waals surface area contributed by atoms with Crippen LogP contribution in [0.25, 0.3) is 0 Å². The van der Waals surface area contributed by atoms with E-state index in [4.69, 9.17) is 10.5 Å². The van der Waals surface area contributed by atoms with Gasteiger partial charge in [-0.25, -0.2) is 4.98 Å². The zero-order valence-corrected chi connectivity index (χ0v) is 12.9. The van der Waals surface area contributed by atoms with Gasteiger partial charge in [0.2, 0.25) is 0 Å². The molecule has 1 aromatic rings. The van der Waals surface area contributed by atoms with Crippen molar-refractivity contribution in [2.24, 2.45) is 5.73 Å². The summed E-state index contributed by atoms with van der Waals surface area (Å²) in [6, 6.07) is 4.60.